The van der Waals surface area contributed by atoms with E-state index < -0.39 is 24.5 Å². The zero-order valence-corrected chi connectivity index (χ0v) is 20.9. The van der Waals surface area contributed by atoms with Gasteiger partial charge in [-0.1, -0.05) is 55.5 Å². The molecule has 35 heavy (non-hydrogen) atoms. The van der Waals surface area contributed by atoms with E-state index in [2.05, 4.69) is 4.98 Å². The lowest BCUT2D eigenvalue weighted by Crippen LogP contribution is -2.35. The van der Waals surface area contributed by atoms with E-state index in [1.54, 1.807) is 26.1 Å². The normalized spacial score (nSPS) is 15.4. The van der Waals surface area contributed by atoms with Crippen LogP contribution in [0.2, 0.25) is 0 Å². The van der Waals surface area contributed by atoms with Gasteiger partial charge in [-0.05, 0) is 42.8 Å². The molecule has 0 saturated carbocycles. The van der Waals surface area contributed by atoms with Gasteiger partial charge in [-0.3, -0.25) is 4.98 Å². The minimum absolute atomic E-state index is 0.00640. The van der Waals surface area contributed by atoms with Crippen LogP contribution >= 0.6 is 11.3 Å². The maximum Gasteiger partial charge on any atom is 0.414 e. The molecule has 2 N–H and O–H groups in total. The van der Waals surface area contributed by atoms with Crippen molar-refractivity contribution in [3.8, 4) is 0 Å². The van der Waals surface area contributed by atoms with Crippen molar-refractivity contribution in [3.63, 3.8) is 0 Å². The van der Waals surface area contributed by atoms with Crippen LogP contribution in [-0.4, -0.2) is 30.0 Å². The van der Waals surface area contributed by atoms with Crippen molar-refractivity contribution in [2.75, 3.05) is 12.3 Å². The number of benzene rings is 1. The summed E-state index contributed by atoms with van der Waals surface area (Å²) in [6.45, 7) is 5.43. The molecule has 4 nitrogen and oxygen atoms in total. The fourth-order valence-electron chi connectivity index (χ4n) is 3.60. The number of rotatable bonds is 11. The summed E-state index contributed by atoms with van der Waals surface area (Å²) >= 11 is 1.38. The van der Waals surface area contributed by atoms with E-state index >= 15 is 0 Å². The number of ether oxygens (including phenoxy) is 2. The fraction of sp³-hybridized carbons (Fsp3) is 0.370. The number of fused-ring (bicyclic) bond motifs is 1. The van der Waals surface area contributed by atoms with Crippen molar-refractivity contribution in [2.45, 2.75) is 51.7 Å². The second-order valence-corrected chi connectivity index (χ2v) is 9.63. The number of pyridine rings is 1. The van der Waals surface area contributed by atoms with E-state index in [0.717, 1.165) is 21.3 Å². The molecule has 0 spiro atoms. The van der Waals surface area contributed by atoms with Crippen LogP contribution in [0.3, 0.4) is 0 Å². The molecular formula is C27H31F3N2O2S. The van der Waals surface area contributed by atoms with Crippen LogP contribution in [-0.2, 0) is 9.47 Å². The number of alkyl halides is 3. The minimum atomic E-state index is -4.46. The number of thiophene rings is 1. The van der Waals surface area contributed by atoms with Crippen molar-refractivity contribution in [2.24, 2.45) is 5.92 Å². The van der Waals surface area contributed by atoms with Gasteiger partial charge in [-0.25, -0.2) is 0 Å². The Morgan fingerprint density at radius 1 is 1.09 bits per heavy atom. The highest BCUT2D eigenvalue weighted by molar-refractivity contribution is 7.10. The van der Waals surface area contributed by atoms with E-state index in [0.29, 0.717) is 5.69 Å². The van der Waals surface area contributed by atoms with Crippen LogP contribution in [0.4, 0.5) is 18.9 Å². The Kier molecular flexibility index (Phi) is 9.48. The third kappa shape index (κ3) is 7.92. The highest BCUT2D eigenvalue weighted by atomic mass is 32.1. The molecule has 2 unspecified atom stereocenters. The molecule has 188 valence electrons. The summed E-state index contributed by atoms with van der Waals surface area (Å²) in [6, 6.07) is 11.4. The first-order valence-electron chi connectivity index (χ1n) is 11.5. The van der Waals surface area contributed by atoms with Crippen LogP contribution in [0.25, 0.3) is 17.0 Å². The smallest absolute Gasteiger partial charge is 0.396 e. The Morgan fingerprint density at radius 3 is 2.57 bits per heavy atom. The number of hydrogen-bond donors (Lipinski definition) is 1. The van der Waals surface area contributed by atoms with Gasteiger partial charge in [-0.2, -0.15) is 13.2 Å². The van der Waals surface area contributed by atoms with Gasteiger partial charge < -0.3 is 15.2 Å². The third-order valence-electron chi connectivity index (χ3n) is 5.32. The van der Waals surface area contributed by atoms with Crippen LogP contribution in [0.1, 0.15) is 43.7 Å². The molecule has 0 aliphatic carbocycles. The molecule has 3 aromatic rings. The molecule has 0 fully saturated rings. The SMILES string of the molecule is CC(C)OC(CC(OC[C@H](C)/C=C/C=C\c1ccc2cccnc2c1N)c1cccs1)C(F)(F)F. The summed E-state index contributed by atoms with van der Waals surface area (Å²) in [5.41, 5.74) is 8.49. The van der Waals surface area contributed by atoms with Crippen molar-refractivity contribution in [3.05, 3.63) is 76.6 Å². The number of allylic oxidation sites excluding steroid dienone is 2. The lowest BCUT2D eigenvalue weighted by Gasteiger charge is -2.27. The van der Waals surface area contributed by atoms with Crippen LogP contribution in [0.15, 0.2) is 66.2 Å². The monoisotopic (exact) mass is 504 g/mol. The Morgan fingerprint density at radius 2 is 1.89 bits per heavy atom. The topological polar surface area (TPSA) is 57.4 Å². The maximum atomic E-state index is 13.5. The average molecular weight is 505 g/mol. The molecule has 0 radical (unpaired) electrons. The number of nitrogens with two attached hydrogens (primary N) is 1. The second-order valence-electron chi connectivity index (χ2n) is 8.65. The maximum absolute atomic E-state index is 13.5. The Balaban J connectivity index is 1.61. The molecule has 0 saturated heterocycles. The van der Waals surface area contributed by atoms with Gasteiger partial charge in [-0.15, -0.1) is 11.3 Å². The predicted molar refractivity (Wildman–Crippen MR) is 137 cm³/mol. The lowest BCUT2D eigenvalue weighted by atomic mass is 10.1. The number of anilines is 1. The lowest BCUT2D eigenvalue weighted by molar-refractivity contribution is -0.238. The molecule has 0 amide bonds. The van der Waals surface area contributed by atoms with Gasteiger partial charge >= 0.3 is 6.18 Å². The zero-order chi connectivity index (χ0) is 25.4. The standard InChI is InChI=1S/C27H31F3N2O2S/c1-18(2)34-24(27(28,29)30)16-22(23-11-7-15-35-23)33-17-19(3)8-4-5-9-20-12-13-21-10-6-14-32-26(21)25(20)31/h4-15,18-19,22,24H,16-17,31H2,1-3H3/b8-4+,9-5-/t19-,22?,24?/m1/s1. The fourth-order valence-corrected chi connectivity index (χ4v) is 4.38. The van der Waals surface area contributed by atoms with Crippen LogP contribution < -0.4 is 5.73 Å². The average Bonchev–Trinajstić information content (AvgIpc) is 3.34. The molecule has 2 heterocycles. The summed E-state index contributed by atoms with van der Waals surface area (Å²) in [5.74, 6) is -0.00640. The van der Waals surface area contributed by atoms with Gasteiger partial charge in [0, 0.05) is 22.9 Å². The number of nitrogens with zero attached hydrogens (tertiary/aromatic N) is 1. The highest BCUT2D eigenvalue weighted by Crippen LogP contribution is 2.35. The van der Waals surface area contributed by atoms with Gasteiger partial charge in [0.25, 0.3) is 0 Å². The Bertz CT molecular complexity index is 1130. The van der Waals surface area contributed by atoms with Crippen LogP contribution in [0, 0.1) is 5.92 Å². The number of aromatic nitrogens is 1. The van der Waals surface area contributed by atoms with Crippen molar-refractivity contribution >= 4 is 34.0 Å². The third-order valence-corrected chi connectivity index (χ3v) is 6.29. The molecular weight excluding hydrogens is 473 g/mol. The van der Waals surface area contributed by atoms with Crippen LogP contribution in [0.5, 0.6) is 0 Å². The number of halogens is 3. The largest absolute Gasteiger partial charge is 0.414 e. The molecule has 2 aromatic heterocycles. The van der Waals surface area contributed by atoms with E-state index in [1.807, 2.05) is 66.9 Å². The predicted octanol–water partition coefficient (Wildman–Crippen LogP) is 7.59. The molecule has 3 atom stereocenters. The first kappa shape index (κ1) is 26.9. The van der Waals surface area contributed by atoms with Crippen molar-refractivity contribution in [1.82, 2.24) is 4.98 Å². The molecule has 0 aliphatic rings. The molecule has 3 rings (SSSR count). The zero-order valence-electron chi connectivity index (χ0n) is 20.0. The summed E-state index contributed by atoms with van der Waals surface area (Å²) in [7, 11) is 0. The van der Waals surface area contributed by atoms with E-state index in [9.17, 15) is 13.2 Å². The highest BCUT2D eigenvalue weighted by Gasteiger charge is 2.43. The molecule has 8 heteroatoms. The van der Waals surface area contributed by atoms with E-state index in [-0.39, 0.29) is 18.9 Å². The van der Waals surface area contributed by atoms with Gasteiger partial charge in [0.05, 0.1) is 30.0 Å². The molecule has 1 aromatic carbocycles. The van der Waals surface area contributed by atoms with Crippen molar-refractivity contribution in [1.29, 1.82) is 0 Å². The molecule has 0 aliphatic heterocycles. The Hall–Kier alpha value is -2.68. The summed E-state index contributed by atoms with van der Waals surface area (Å²) in [6.07, 6.45) is 1.47. The van der Waals surface area contributed by atoms with Crippen molar-refractivity contribution < 1.29 is 22.6 Å². The summed E-state index contributed by atoms with van der Waals surface area (Å²) < 4.78 is 51.7. The first-order valence-corrected chi connectivity index (χ1v) is 12.4. The minimum Gasteiger partial charge on any atom is -0.396 e. The second kappa shape index (κ2) is 12.3. The summed E-state index contributed by atoms with van der Waals surface area (Å²) in [4.78, 5) is 5.09. The van der Waals surface area contributed by atoms with Gasteiger partial charge in [0.15, 0.2) is 6.10 Å². The number of nitrogen functional groups attached to an aromatic ring is 1. The van der Waals surface area contributed by atoms with E-state index in [4.69, 9.17) is 15.2 Å². The molecule has 0 bridgehead atoms. The number of hydrogen-bond acceptors (Lipinski definition) is 5. The first-order chi connectivity index (χ1) is 16.6. The summed E-state index contributed by atoms with van der Waals surface area (Å²) in [5, 5.41) is 2.81. The Labute approximate surface area is 208 Å². The van der Waals surface area contributed by atoms with E-state index in [1.165, 1.54) is 11.3 Å². The van der Waals surface area contributed by atoms with Gasteiger partial charge in [0.1, 0.15) is 0 Å². The quantitative estimate of drug-likeness (QED) is 0.216. The van der Waals surface area contributed by atoms with Gasteiger partial charge in [0.2, 0.25) is 0 Å².